The Morgan fingerprint density at radius 3 is 2.48 bits per heavy atom. The van der Waals surface area contributed by atoms with Crippen LogP contribution in [0.1, 0.15) is 130 Å². The molecule has 0 spiro atoms. The molecule has 1 fully saturated rings. The SMILES string of the molecule is N#CC1C=CC(C2CCCCC2C2C=CCCC2C2CC(n3c4c(c5c3CCCC5)C=CCC4)=CC(N3c4ccccc4C4CCC=CC43)C2)CC1. The van der Waals surface area contributed by atoms with Crippen molar-refractivity contribution in [2.45, 2.75) is 134 Å². The third-order valence-corrected chi connectivity index (χ3v) is 15.4. The number of benzene rings is 1. The summed E-state index contributed by atoms with van der Waals surface area (Å²) < 4.78 is 2.89. The smallest absolute Gasteiger partial charge is 0.0697 e. The number of nitrogens with zero attached hydrogens (tertiary/aromatic N) is 3. The van der Waals surface area contributed by atoms with E-state index in [-0.39, 0.29) is 5.92 Å². The maximum Gasteiger partial charge on any atom is 0.0697 e. The lowest BCUT2D eigenvalue weighted by Gasteiger charge is -2.48. The second-order valence-electron chi connectivity index (χ2n) is 18.0. The molecular formula is C49H59N3. The molecule has 0 saturated heterocycles. The number of anilines is 1. The Balaban J connectivity index is 1.05. The van der Waals surface area contributed by atoms with Gasteiger partial charge in [0.1, 0.15) is 0 Å². The Kier molecular flexibility index (Phi) is 8.94. The number of aromatic nitrogens is 1. The van der Waals surface area contributed by atoms with Gasteiger partial charge in [0.15, 0.2) is 0 Å². The summed E-state index contributed by atoms with van der Waals surface area (Å²) in [4.78, 5) is 2.92. The van der Waals surface area contributed by atoms with Crippen LogP contribution in [0.5, 0.6) is 0 Å². The molecule has 1 saturated carbocycles. The first-order valence-corrected chi connectivity index (χ1v) is 21.7. The van der Waals surface area contributed by atoms with Gasteiger partial charge in [-0.1, -0.05) is 79.6 Å². The summed E-state index contributed by atoms with van der Waals surface area (Å²) in [5.41, 5.74) is 11.3. The average molecular weight is 690 g/mol. The van der Waals surface area contributed by atoms with Crippen molar-refractivity contribution in [1.82, 2.24) is 4.57 Å². The van der Waals surface area contributed by atoms with E-state index in [1.807, 2.05) is 0 Å². The molecule has 10 rings (SSSR count). The monoisotopic (exact) mass is 689 g/mol. The van der Waals surface area contributed by atoms with Crippen molar-refractivity contribution >= 4 is 17.5 Å². The second kappa shape index (κ2) is 14.0. The predicted molar refractivity (Wildman–Crippen MR) is 215 cm³/mol. The summed E-state index contributed by atoms with van der Waals surface area (Å²) in [6.07, 6.45) is 45.8. The number of rotatable bonds is 5. The Morgan fingerprint density at radius 2 is 1.58 bits per heavy atom. The van der Waals surface area contributed by atoms with E-state index in [2.05, 4.69) is 94.5 Å². The van der Waals surface area contributed by atoms with Crippen molar-refractivity contribution in [3.63, 3.8) is 0 Å². The van der Waals surface area contributed by atoms with Crippen LogP contribution in [0.25, 0.3) is 11.8 Å². The van der Waals surface area contributed by atoms with E-state index in [1.165, 1.54) is 115 Å². The highest BCUT2D eigenvalue weighted by atomic mass is 15.2. The first kappa shape index (κ1) is 33.1. The summed E-state index contributed by atoms with van der Waals surface area (Å²) >= 11 is 0. The molecule has 1 aromatic carbocycles. The minimum Gasteiger partial charge on any atom is -0.358 e. The van der Waals surface area contributed by atoms with Gasteiger partial charge in [0, 0.05) is 28.7 Å². The number of para-hydroxylation sites is 1. The predicted octanol–water partition coefficient (Wildman–Crippen LogP) is 11.8. The third kappa shape index (κ3) is 5.65. The van der Waals surface area contributed by atoms with E-state index in [0.717, 1.165) is 24.2 Å². The van der Waals surface area contributed by atoms with Gasteiger partial charge in [-0.2, -0.15) is 5.26 Å². The first-order valence-electron chi connectivity index (χ1n) is 21.7. The van der Waals surface area contributed by atoms with E-state index in [9.17, 15) is 5.26 Å². The van der Waals surface area contributed by atoms with Gasteiger partial charge in [-0.05, 0) is 167 Å². The topological polar surface area (TPSA) is 32.0 Å². The van der Waals surface area contributed by atoms with Gasteiger partial charge in [0.2, 0.25) is 0 Å². The van der Waals surface area contributed by atoms with Crippen molar-refractivity contribution in [3.8, 4) is 6.07 Å². The molecular weight excluding hydrogens is 631 g/mol. The van der Waals surface area contributed by atoms with Gasteiger partial charge in [-0.3, -0.25) is 0 Å². The molecule has 270 valence electrons. The fourth-order valence-electron chi connectivity index (χ4n) is 13.2. The maximum absolute atomic E-state index is 9.63. The van der Waals surface area contributed by atoms with Crippen LogP contribution >= 0.6 is 0 Å². The van der Waals surface area contributed by atoms with Gasteiger partial charge >= 0.3 is 0 Å². The molecule has 8 aliphatic rings. The molecule has 3 nitrogen and oxygen atoms in total. The normalized spacial score (nSPS) is 36.4. The lowest BCUT2D eigenvalue weighted by Crippen LogP contribution is -2.46. The van der Waals surface area contributed by atoms with Crippen LogP contribution in [0.2, 0.25) is 0 Å². The summed E-state index contributed by atoms with van der Waals surface area (Å²) in [6, 6.07) is 12.9. The molecule has 10 unspecified atom stereocenters. The van der Waals surface area contributed by atoms with Crippen LogP contribution in [0.4, 0.5) is 5.69 Å². The molecule has 10 atom stereocenters. The van der Waals surface area contributed by atoms with E-state index < -0.39 is 0 Å². The van der Waals surface area contributed by atoms with E-state index in [1.54, 1.807) is 33.8 Å². The van der Waals surface area contributed by atoms with Crippen LogP contribution in [-0.2, 0) is 19.3 Å². The molecule has 0 radical (unpaired) electrons. The van der Waals surface area contributed by atoms with Gasteiger partial charge in [-0.25, -0.2) is 0 Å². The van der Waals surface area contributed by atoms with Crippen molar-refractivity contribution in [3.05, 3.63) is 101 Å². The first-order chi connectivity index (χ1) is 25.8. The number of nitriles is 1. The highest BCUT2D eigenvalue weighted by Crippen LogP contribution is 2.54. The molecule has 2 heterocycles. The Labute approximate surface area is 313 Å². The summed E-state index contributed by atoms with van der Waals surface area (Å²) in [5.74, 6) is 5.03. The zero-order chi connectivity index (χ0) is 34.6. The average Bonchev–Trinajstić information content (AvgIpc) is 3.74. The Morgan fingerprint density at radius 1 is 0.712 bits per heavy atom. The minimum absolute atomic E-state index is 0.125. The number of fused-ring (bicyclic) bond motifs is 6. The van der Waals surface area contributed by atoms with Crippen molar-refractivity contribution in [2.75, 3.05) is 4.90 Å². The van der Waals surface area contributed by atoms with E-state index in [0.29, 0.717) is 35.8 Å². The summed E-state index contributed by atoms with van der Waals surface area (Å²) in [5, 5.41) is 9.63. The lowest BCUT2D eigenvalue weighted by atomic mass is 9.58. The second-order valence-corrected chi connectivity index (χ2v) is 18.0. The number of hydrogen-bond acceptors (Lipinski definition) is 2. The van der Waals surface area contributed by atoms with Crippen LogP contribution in [0.3, 0.4) is 0 Å². The Hall–Kier alpha value is -3.51. The zero-order valence-corrected chi connectivity index (χ0v) is 31.3. The van der Waals surface area contributed by atoms with Crippen LogP contribution < -0.4 is 4.90 Å². The fraction of sp³-hybridized carbons (Fsp3) is 0.571. The highest BCUT2D eigenvalue weighted by Gasteiger charge is 2.46. The molecule has 0 N–H and O–H groups in total. The maximum atomic E-state index is 9.63. The van der Waals surface area contributed by atoms with Gasteiger partial charge in [0.25, 0.3) is 0 Å². The van der Waals surface area contributed by atoms with Crippen molar-refractivity contribution in [1.29, 1.82) is 5.26 Å². The van der Waals surface area contributed by atoms with Gasteiger partial charge < -0.3 is 9.47 Å². The Bertz CT molecular complexity index is 1860. The van der Waals surface area contributed by atoms with Crippen molar-refractivity contribution < 1.29 is 0 Å². The highest BCUT2D eigenvalue weighted by molar-refractivity contribution is 5.69. The van der Waals surface area contributed by atoms with E-state index >= 15 is 0 Å². The molecule has 7 aliphatic carbocycles. The standard InChI is InChI=1S/C49H59N3/c50-32-33-25-27-34(28-26-33)38-13-1-3-15-40(38)41-16-4-2-14-39(41)35-29-36(51-46-21-9-5-17-42(46)43-18-6-10-22-47(43)51)31-37(30-35)52-48-23-11-7-19-44(48)45-20-8-12-24-49(45)52/h4-5,7,9-10,16-17,19,21-22,25,27,31,33-36,38-41,43,47H,1-3,6,8,11-15,18,20,23-24,26,28-30H2. The number of allylic oxidation sites excluding steroid dienone is 7. The summed E-state index contributed by atoms with van der Waals surface area (Å²) in [6.45, 7) is 0. The zero-order valence-electron chi connectivity index (χ0n) is 31.3. The quantitative estimate of drug-likeness (QED) is 0.293. The molecule has 1 aromatic heterocycles. The molecule has 3 heteroatoms. The third-order valence-electron chi connectivity index (χ3n) is 15.4. The summed E-state index contributed by atoms with van der Waals surface area (Å²) in [7, 11) is 0. The van der Waals surface area contributed by atoms with Gasteiger partial charge in [-0.15, -0.1) is 0 Å². The van der Waals surface area contributed by atoms with Gasteiger partial charge in [0.05, 0.1) is 24.1 Å². The molecule has 2 aromatic rings. The number of hydrogen-bond donors (Lipinski definition) is 0. The molecule has 1 aliphatic heterocycles. The van der Waals surface area contributed by atoms with Crippen LogP contribution in [0.15, 0.2) is 72.9 Å². The fourth-order valence-corrected chi connectivity index (χ4v) is 13.2. The van der Waals surface area contributed by atoms with Crippen LogP contribution in [-0.4, -0.2) is 16.7 Å². The minimum atomic E-state index is 0.125. The molecule has 52 heavy (non-hydrogen) atoms. The van der Waals surface area contributed by atoms with Crippen molar-refractivity contribution in [2.24, 2.45) is 41.4 Å². The van der Waals surface area contributed by atoms with E-state index in [4.69, 9.17) is 0 Å². The lowest BCUT2D eigenvalue weighted by molar-refractivity contribution is 0.0741. The molecule has 0 amide bonds. The largest absolute Gasteiger partial charge is 0.358 e. The molecule has 0 bridgehead atoms. The van der Waals surface area contributed by atoms with Crippen LogP contribution in [0, 0.1) is 52.8 Å².